The number of nitrogens with two attached hydrogens (primary N) is 1. The van der Waals surface area contributed by atoms with E-state index in [1.54, 1.807) is 63.1 Å². The molecule has 11 nitrogen and oxygen atoms in total. The number of nitrogens with zero attached hydrogens (tertiary/aromatic N) is 5. The Morgan fingerprint density at radius 1 is 1.09 bits per heavy atom. The number of H-pyrrole nitrogens is 1. The molecule has 0 aliphatic heterocycles. The molecule has 3 heterocycles. The number of halogens is 3. The number of fused-ring (bicyclic) bond motifs is 2. The highest BCUT2D eigenvalue weighted by molar-refractivity contribution is 7.71. The van der Waals surface area contributed by atoms with Crippen LogP contribution in [0.15, 0.2) is 66.2 Å². The van der Waals surface area contributed by atoms with Crippen LogP contribution in [0.25, 0.3) is 27.6 Å². The minimum absolute atomic E-state index is 0.0483. The summed E-state index contributed by atoms with van der Waals surface area (Å²) in [5, 5.41) is 7.38. The molecule has 15 heteroatoms. The van der Waals surface area contributed by atoms with Crippen molar-refractivity contribution >= 4 is 69.4 Å². The zero-order valence-corrected chi connectivity index (χ0v) is 24.2. The Labute approximate surface area is 243 Å². The van der Waals surface area contributed by atoms with Crippen LogP contribution in [0.2, 0.25) is 0 Å². The van der Waals surface area contributed by atoms with Gasteiger partial charge in [0.2, 0.25) is 5.95 Å². The number of hydrogen-bond acceptors (Lipinski definition) is 10. The highest BCUT2D eigenvalue weighted by Crippen LogP contribution is 2.41. The van der Waals surface area contributed by atoms with Gasteiger partial charge in [-0.2, -0.15) is 23.1 Å². The Hall–Kier alpha value is -4.97. The van der Waals surface area contributed by atoms with E-state index in [2.05, 4.69) is 40.5 Å². The lowest BCUT2D eigenvalue weighted by atomic mass is 10.1. The molecule has 0 atom stereocenters. The Kier molecular flexibility index (Phi) is 8.05. The van der Waals surface area contributed by atoms with E-state index in [1.165, 1.54) is 24.7 Å². The van der Waals surface area contributed by atoms with Gasteiger partial charge in [-0.1, -0.05) is 6.07 Å². The van der Waals surface area contributed by atoms with Gasteiger partial charge in [-0.3, -0.25) is 15.0 Å². The number of aliphatic imine (C=N–C) groups is 1. The van der Waals surface area contributed by atoms with Gasteiger partial charge in [-0.15, -0.1) is 0 Å². The van der Waals surface area contributed by atoms with Crippen LogP contribution in [0.4, 0.5) is 36.3 Å². The van der Waals surface area contributed by atoms with Crippen molar-refractivity contribution in [1.82, 2.24) is 24.9 Å². The van der Waals surface area contributed by atoms with Crippen LogP contribution in [0, 0.1) is 0 Å². The number of anilines is 4. The molecule has 0 radical (unpaired) electrons. The highest BCUT2D eigenvalue weighted by atomic mass is 31.2. The molecular formula is C28H27F3N9O2P. The molecule has 0 amide bonds. The molecule has 3 aromatic heterocycles. The molecule has 5 aromatic rings. The van der Waals surface area contributed by atoms with E-state index in [0.717, 1.165) is 0 Å². The monoisotopic (exact) mass is 609 g/mol. The summed E-state index contributed by atoms with van der Waals surface area (Å²) >= 11 is 0. The molecule has 0 aliphatic carbocycles. The van der Waals surface area contributed by atoms with E-state index in [4.69, 9.17) is 10.5 Å². The second kappa shape index (κ2) is 11.7. The maximum atomic E-state index is 13.4. The zero-order valence-electron chi connectivity index (χ0n) is 23.3. The van der Waals surface area contributed by atoms with Crippen molar-refractivity contribution in [3.8, 4) is 5.75 Å². The fraction of sp³-hybridized carbons (Fsp3) is 0.179. The van der Waals surface area contributed by atoms with Gasteiger partial charge in [0.1, 0.15) is 29.9 Å². The molecule has 0 fully saturated rings. The molecule has 0 saturated carbocycles. The van der Waals surface area contributed by atoms with E-state index < -0.39 is 19.9 Å². The van der Waals surface area contributed by atoms with Gasteiger partial charge in [0.25, 0.3) is 0 Å². The molecule has 0 spiro atoms. The van der Waals surface area contributed by atoms with Gasteiger partial charge in [-0.05, 0) is 49.2 Å². The largest absolute Gasteiger partial charge is 0.482 e. The number of allylic oxidation sites excluding steroid dienone is 1. The number of rotatable bonds is 9. The fourth-order valence-corrected chi connectivity index (χ4v) is 5.85. The maximum Gasteiger partial charge on any atom is 0.422 e. The third-order valence-electron chi connectivity index (χ3n) is 6.22. The lowest BCUT2D eigenvalue weighted by Crippen LogP contribution is -2.19. The first-order chi connectivity index (χ1) is 20.5. The summed E-state index contributed by atoms with van der Waals surface area (Å²) in [5.74, 6) is 0.317. The highest BCUT2D eigenvalue weighted by Gasteiger charge is 2.29. The van der Waals surface area contributed by atoms with Crippen molar-refractivity contribution < 1.29 is 22.5 Å². The van der Waals surface area contributed by atoms with Crippen LogP contribution >= 0.6 is 7.14 Å². The second-order valence-electron chi connectivity index (χ2n) is 9.75. The van der Waals surface area contributed by atoms with Gasteiger partial charge < -0.3 is 30.7 Å². The number of aromatic nitrogens is 5. The van der Waals surface area contributed by atoms with Crippen molar-refractivity contribution in [2.24, 2.45) is 10.7 Å². The third kappa shape index (κ3) is 6.59. The summed E-state index contributed by atoms with van der Waals surface area (Å²) in [5.41, 5.74) is 9.06. The lowest BCUT2D eigenvalue weighted by molar-refractivity contribution is -0.153. The van der Waals surface area contributed by atoms with E-state index >= 15 is 0 Å². The summed E-state index contributed by atoms with van der Waals surface area (Å²) in [4.78, 5) is 24.9. The van der Waals surface area contributed by atoms with Gasteiger partial charge in [0.05, 0.1) is 27.6 Å². The number of hydrogen-bond donors (Lipinski definition) is 4. The summed E-state index contributed by atoms with van der Waals surface area (Å²) in [7, 11) is -1.30. The molecule has 5 rings (SSSR count). The minimum atomic E-state index is -4.55. The van der Waals surface area contributed by atoms with Crippen LogP contribution in [-0.2, 0) is 4.57 Å². The smallest absolute Gasteiger partial charge is 0.422 e. The first-order valence-electron chi connectivity index (χ1n) is 12.8. The average Bonchev–Trinajstić information content (AvgIpc) is 3.43. The van der Waals surface area contributed by atoms with Crippen LogP contribution in [0.5, 0.6) is 5.75 Å². The standard InChI is InChI=1S/C28H27F3N9O2P/c1-33-14-17(13-32)16-4-7-22(42-15-28(29,30)31)21(12-16)38-27-39-25-18(8-9-36-25)26(40-27)37-20-6-5-19-23(35-11-10-34-19)24(20)43(2,3)41/h4-14H,15,32H2,1-3H3,(H3,36,37,38,39,40). The molecule has 0 unspecified atom stereocenters. The number of aromatic amines is 1. The Bertz CT molecular complexity index is 1920. The summed E-state index contributed by atoms with van der Waals surface area (Å²) < 4.78 is 57.6. The Balaban J connectivity index is 1.59. The van der Waals surface area contributed by atoms with Gasteiger partial charge in [0.15, 0.2) is 6.61 Å². The average molecular weight is 610 g/mol. The topological polar surface area (TPSA) is 156 Å². The quantitative estimate of drug-likeness (QED) is 0.124. The predicted octanol–water partition coefficient (Wildman–Crippen LogP) is 5.58. The molecule has 0 bridgehead atoms. The van der Waals surface area contributed by atoms with Crippen molar-refractivity contribution in [2.45, 2.75) is 6.18 Å². The third-order valence-corrected chi connectivity index (χ3v) is 7.75. The Morgan fingerprint density at radius 2 is 1.88 bits per heavy atom. The molecule has 43 heavy (non-hydrogen) atoms. The SMILES string of the molecule is CN=CC(=CN)c1ccc(OCC(F)(F)F)c(Nc2nc(Nc3ccc4nccnc4c3P(C)(C)=O)c3cc[nH]c3n2)c1. The number of benzene rings is 2. The summed E-state index contributed by atoms with van der Waals surface area (Å²) in [6.45, 7) is 1.79. The van der Waals surface area contributed by atoms with Crippen molar-refractivity contribution in [3.05, 3.63) is 66.8 Å². The van der Waals surface area contributed by atoms with Crippen molar-refractivity contribution in [1.29, 1.82) is 0 Å². The summed E-state index contributed by atoms with van der Waals surface area (Å²) in [6.07, 6.45) is 3.06. The van der Waals surface area contributed by atoms with E-state index in [0.29, 0.717) is 50.0 Å². The van der Waals surface area contributed by atoms with Gasteiger partial charge in [-0.25, -0.2) is 0 Å². The first kappa shape index (κ1) is 29.5. The molecular weight excluding hydrogens is 582 g/mol. The number of nitrogens with one attached hydrogen (secondary N) is 3. The normalized spacial score (nSPS) is 12.7. The Morgan fingerprint density at radius 3 is 2.60 bits per heavy atom. The molecule has 222 valence electrons. The maximum absolute atomic E-state index is 13.4. The van der Waals surface area contributed by atoms with E-state index in [-0.39, 0.29) is 17.4 Å². The van der Waals surface area contributed by atoms with Crippen LogP contribution in [0.1, 0.15) is 5.56 Å². The van der Waals surface area contributed by atoms with E-state index in [1.807, 2.05) is 0 Å². The second-order valence-corrected chi connectivity index (χ2v) is 12.9. The minimum Gasteiger partial charge on any atom is -0.482 e. The summed E-state index contributed by atoms with van der Waals surface area (Å²) in [6, 6.07) is 9.80. The number of alkyl halides is 3. The van der Waals surface area contributed by atoms with E-state index in [9.17, 15) is 17.7 Å². The van der Waals surface area contributed by atoms with Gasteiger partial charge in [0, 0.05) is 43.6 Å². The first-order valence-corrected chi connectivity index (χ1v) is 15.4. The fourth-order valence-electron chi connectivity index (χ4n) is 4.45. The molecule has 0 saturated heterocycles. The number of ether oxygens (including phenoxy) is 1. The van der Waals surface area contributed by atoms with Crippen molar-refractivity contribution in [3.63, 3.8) is 0 Å². The molecule has 2 aromatic carbocycles. The molecule has 0 aliphatic rings. The van der Waals surface area contributed by atoms with Gasteiger partial charge >= 0.3 is 6.18 Å². The lowest BCUT2D eigenvalue weighted by Gasteiger charge is -2.18. The van der Waals surface area contributed by atoms with Crippen molar-refractivity contribution in [2.75, 3.05) is 37.6 Å². The zero-order chi connectivity index (χ0) is 30.8. The van der Waals surface area contributed by atoms with Crippen LogP contribution < -0.4 is 26.4 Å². The van der Waals surface area contributed by atoms with Crippen LogP contribution in [-0.4, -0.2) is 64.3 Å². The van der Waals surface area contributed by atoms with Crippen LogP contribution in [0.3, 0.4) is 0 Å². The predicted molar refractivity (Wildman–Crippen MR) is 164 cm³/mol. The molecule has 5 N–H and O–H groups in total.